The standard InChI is InChI=1S/C57H90O3/c1-7-8-9-10-11-12-13-14-15-18-40-58-49-29-24-46(25-30-49)47-26-31-50(32-27-47)59-41-19-16-17-20-42-60-51-36-38-56(5)48(43-51)28-33-52-54-35-34-53(45(4)23-21-22-44(2)3)57(54,6)39-37-55(52)56/h24-32,44-45,51-55H,7-23,33-43H2,1-6H3/t45-,51+,52+,53-,54+,55+,56+,57-/m1/s1. The fourth-order valence-electron chi connectivity index (χ4n) is 13.1. The summed E-state index contributed by atoms with van der Waals surface area (Å²) in [6, 6.07) is 17.1. The molecule has 0 aliphatic heterocycles. The van der Waals surface area contributed by atoms with E-state index in [4.69, 9.17) is 14.2 Å². The summed E-state index contributed by atoms with van der Waals surface area (Å²) >= 11 is 0. The molecule has 0 unspecified atom stereocenters. The van der Waals surface area contributed by atoms with E-state index in [1.54, 1.807) is 5.57 Å². The van der Waals surface area contributed by atoms with Crippen molar-refractivity contribution in [2.75, 3.05) is 19.8 Å². The Balaban J connectivity index is 0.809. The van der Waals surface area contributed by atoms with Gasteiger partial charge in [-0.25, -0.2) is 0 Å². The number of allylic oxidation sites excluding steroid dienone is 1. The number of hydrogen-bond donors (Lipinski definition) is 0. The molecule has 6 rings (SSSR count). The number of unbranched alkanes of at least 4 members (excludes halogenated alkanes) is 12. The van der Waals surface area contributed by atoms with Crippen LogP contribution in [0.3, 0.4) is 0 Å². The molecule has 3 nitrogen and oxygen atoms in total. The van der Waals surface area contributed by atoms with E-state index in [9.17, 15) is 0 Å². The Kier molecular flexibility index (Phi) is 18.9. The van der Waals surface area contributed by atoms with Gasteiger partial charge in [0.2, 0.25) is 0 Å². The van der Waals surface area contributed by atoms with Crippen molar-refractivity contribution in [1.82, 2.24) is 0 Å². The van der Waals surface area contributed by atoms with Gasteiger partial charge in [0, 0.05) is 6.61 Å². The minimum atomic E-state index is 0.415. The van der Waals surface area contributed by atoms with Gasteiger partial charge in [-0.3, -0.25) is 0 Å². The first-order valence-corrected chi connectivity index (χ1v) is 26.0. The molecule has 0 saturated heterocycles. The Bertz CT molecular complexity index is 1530. The van der Waals surface area contributed by atoms with Gasteiger partial charge < -0.3 is 14.2 Å². The molecule has 3 saturated carbocycles. The van der Waals surface area contributed by atoms with Crippen LogP contribution < -0.4 is 9.47 Å². The number of hydrogen-bond acceptors (Lipinski definition) is 3. The van der Waals surface area contributed by atoms with E-state index in [0.29, 0.717) is 16.9 Å². The molecule has 0 spiro atoms. The number of ether oxygens (including phenoxy) is 3. The molecule has 2 aromatic rings. The lowest BCUT2D eigenvalue weighted by atomic mass is 9.47. The molecule has 0 aromatic heterocycles. The zero-order chi connectivity index (χ0) is 42.2. The van der Waals surface area contributed by atoms with Crippen LogP contribution in [0.15, 0.2) is 60.2 Å². The van der Waals surface area contributed by atoms with Crippen LogP contribution in [-0.2, 0) is 4.74 Å². The second kappa shape index (κ2) is 24.0. The van der Waals surface area contributed by atoms with Gasteiger partial charge >= 0.3 is 0 Å². The molecule has 8 atom stereocenters. The molecule has 4 aliphatic carbocycles. The molecule has 0 heterocycles. The topological polar surface area (TPSA) is 27.7 Å². The van der Waals surface area contributed by atoms with Crippen LogP contribution in [0.5, 0.6) is 11.5 Å². The predicted octanol–water partition coefficient (Wildman–Crippen LogP) is 17.0. The lowest BCUT2D eigenvalue weighted by Crippen LogP contribution is -2.51. The molecule has 0 N–H and O–H groups in total. The quantitative estimate of drug-likeness (QED) is 0.0664. The molecule has 0 amide bonds. The summed E-state index contributed by atoms with van der Waals surface area (Å²) < 4.78 is 18.7. The molecule has 0 bridgehead atoms. The third-order valence-electron chi connectivity index (χ3n) is 16.7. The maximum absolute atomic E-state index is 6.58. The van der Waals surface area contributed by atoms with E-state index in [0.717, 1.165) is 86.1 Å². The SMILES string of the molecule is CCCCCCCCCCCCOc1ccc(-c2ccc(OCCCCCCO[C@H]3CC[C@@]4(C)C(=CC[C@H]5[C@@H]6CC[C@H]([C@H](C)CCCC(C)C)[C@@]6(C)CC[C@@H]54)C3)cc2)cc1. The highest BCUT2D eigenvalue weighted by Crippen LogP contribution is 2.67. The molecule has 3 fully saturated rings. The number of fused-ring (bicyclic) bond motifs is 5. The van der Waals surface area contributed by atoms with Gasteiger partial charge in [0.1, 0.15) is 11.5 Å². The summed E-state index contributed by atoms with van der Waals surface area (Å²) in [5, 5.41) is 0. The van der Waals surface area contributed by atoms with E-state index in [-0.39, 0.29) is 0 Å². The predicted molar refractivity (Wildman–Crippen MR) is 256 cm³/mol. The summed E-state index contributed by atoms with van der Waals surface area (Å²) in [6.45, 7) is 17.6. The highest BCUT2D eigenvalue weighted by atomic mass is 16.5. The van der Waals surface area contributed by atoms with Crippen LogP contribution >= 0.6 is 0 Å². The monoisotopic (exact) mass is 823 g/mol. The summed E-state index contributed by atoms with van der Waals surface area (Å²) in [4.78, 5) is 0. The fourth-order valence-corrected chi connectivity index (χ4v) is 13.1. The Morgan fingerprint density at radius 3 is 1.73 bits per heavy atom. The second-order valence-corrected chi connectivity index (χ2v) is 21.4. The third kappa shape index (κ3) is 12.9. The van der Waals surface area contributed by atoms with Crippen molar-refractivity contribution in [2.45, 2.75) is 208 Å². The molecule has 2 aromatic carbocycles. The van der Waals surface area contributed by atoms with E-state index >= 15 is 0 Å². The molecule has 60 heavy (non-hydrogen) atoms. The van der Waals surface area contributed by atoms with E-state index in [2.05, 4.69) is 96.1 Å². The Hall–Kier alpha value is -2.26. The second-order valence-electron chi connectivity index (χ2n) is 21.4. The van der Waals surface area contributed by atoms with Crippen LogP contribution in [0.1, 0.15) is 202 Å². The Labute approximate surface area is 370 Å². The average molecular weight is 823 g/mol. The van der Waals surface area contributed by atoms with Gasteiger partial charge in [0.15, 0.2) is 0 Å². The van der Waals surface area contributed by atoms with Gasteiger partial charge in [-0.2, -0.15) is 0 Å². The van der Waals surface area contributed by atoms with Crippen LogP contribution in [0.4, 0.5) is 0 Å². The minimum absolute atomic E-state index is 0.415. The summed E-state index contributed by atoms with van der Waals surface area (Å²) in [6.07, 6.45) is 36.6. The normalized spacial score (nSPS) is 27.9. The van der Waals surface area contributed by atoms with Crippen molar-refractivity contribution >= 4 is 0 Å². The summed E-state index contributed by atoms with van der Waals surface area (Å²) in [5.74, 6) is 7.37. The number of rotatable bonds is 27. The highest BCUT2D eigenvalue weighted by molar-refractivity contribution is 5.64. The van der Waals surface area contributed by atoms with Gasteiger partial charge in [0.05, 0.1) is 19.3 Å². The molecular formula is C57H90O3. The van der Waals surface area contributed by atoms with E-state index < -0.39 is 0 Å². The molecule has 336 valence electrons. The van der Waals surface area contributed by atoms with Crippen molar-refractivity contribution in [3.8, 4) is 22.6 Å². The van der Waals surface area contributed by atoms with Crippen LogP contribution in [0.2, 0.25) is 0 Å². The van der Waals surface area contributed by atoms with Crippen molar-refractivity contribution < 1.29 is 14.2 Å². The molecule has 0 radical (unpaired) electrons. The lowest BCUT2D eigenvalue weighted by molar-refractivity contribution is -0.0641. The Morgan fingerprint density at radius 1 is 0.583 bits per heavy atom. The first kappa shape index (κ1) is 47.2. The van der Waals surface area contributed by atoms with E-state index in [1.807, 2.05) is 0 Å². The third-order valence-corrected chi connectivity index (χ3v) is 16.7. The first-order valence-electron chi connectivity index (χ1n) is 26.0. The van der Waals surface area contributed by atoms with Gasteiger partial charge in [-0.05, 0) is 159 Å². The molecular weight excluding hydrogens is 733 g/mol. The zero-order valence-electron chi connectivity index (χ0n) is 39.8. The first-order chi connectivity index (χ1) is 29.2. The Morgan fingerprint density at radius 2 is 1.15 bits per heavy atom. The highest BCUT2D eigenvalue weighted by Gasteiger charge is 2.59. The van der Waals surface area contributed by atoms with Crippen molar-refractivity contribution in [1.29, 1.82) is 0 Å². The average Bonchev–Trinajstić information content (AvgIpc) is 3.61. The zero-order valence-corrected chi connectivity index (χ0v) is 39.8. The molecule has 3 heteroatoms. The van der Waals surface area contributed by atoms with Crippen LogP contribution in [0, 0.1) is 46.3 Å². The van der Waals surface area contributed by atoms with Crippen molar-refractivity contribution in [3.63, 3.8) is 0 Å². The van der Waals surface area contributed by atoms with Gasteiger partial charge in [0.25, 0.3) is 0 Å². The van der Waals surface area contributed by atoms with Crippen LogP contribution in [-0.4, -0.2) is 25.9 Å². The largest absolute Gasteiger partial charge is 0.494 e. The van der Waals surface area contributed by atoms with E-state index in [1.165, 1.54) is 152 Å². The smallest absolute Gasteiger partial charge is 0.119 e. The minimum Gasteiger partial charge on any atom is -0.494 e. The number of benzene rings is 2. The van der Waals surface area contributed by atoms with Crippen LogP contribution in [0.25, 0.3) is 11.1 Å². The van der Waals surface area contributed by atoms with Gasteiger partial charge in [-0.15, -0.1) is 0 Å². The summed E-state index contributed by atoms with van der Waals surface area (Å²) in [7, 11) is 0. The van der Waals surface area contributed by atoms with Gasteiger partial charge in [-0.1, -0.05) is 161 Å². The van der Waals surface area contributed by atoms with Crippen molar-refractivity contribution in [3.05, 3.63) is 60.2 Å². The maximum Gasteiger partial charge on any atom is 0.119 e. The van der Waals surface area contributed by atoms with Crippen molar-refractivity contribution in [2.24, 2.45) is 46.3 Å². The summed E-state index contributed by atoms with van der Waals surface area (Å²) in [5.41, 5.74) is 5.19. The molecule has 4 aliphatic rings. The fraction of sp³-hybridized carbons (Fsp3) is 0.754. The maximum atomic E-state index is 6.58. The lowest BCUT2D eigenvalue weighted by Gasteiger charge is -2.58.